The molecule has 0 aliphatic rings. The summed E-state index contributed by atoms with van der Waals surface area (Å²) in [4.78, 5) is 24.4. The summed E-state index contributed by atoms with van der Waals surface area (Å²) in [5.41, 5.74) is 2.95. The summed E-state index contributed by atoms with van der Waals surface area (Å²) in [7, 11) is 0. The monoisotopic (exact) mass is 374 g/mol. The molecule has 28 heavy (non-hydrogen) atoms. The Morgan fingerprint density at radius 3 is 2.21 bits per heavy atom. The van der Waals surface area contributed by atoms with Gasteiger partial charge in [-0.25, -0.2) is 0 Å². The molecule has 0 fully saturated rings. The van der Waals surface area contributed by atoms with E-state index in [0.29, 0.717) is 0 Å². The molecule has 0 heterocycles. The third kappa shape index (κ3) is 4.97. The van der Waals surface area contributed by atoms with E-state index in [0.717, 1.165) is 22.0 Å². The summed E-state index contributed by atoms with van der Waals surface area (Å²) in [6.07, 6.45) is 0.245. The molecule has 144 valence electrons. The van der Waals surface area contributed by atoms with Gasteiger partial charge >= 0.3 is 0 Å². The summed E-state index contributed by atoms with van der Waals surface area (Å²) < 4.78 is 0. The highest BCUT2D eigenvalue weighted by molar-refractivity contribution is 5.95. The second-order valence-electron chi connectivity index (χ2n) is 7.97. The van der Waals surface area contributed by atoms with E-state index in [9.17, 15) is 9.59 Å². The molecule has 3 aromatic carbocycles. The zero-order valence-electron chi connectivity index (χ0n) is 16.6. The molecule has 4 heteroatoms. The van der Waals surface area contributed by atoms with Crippen LogP contribution >= 0.6 is 0 Å². The number of hydrogen-bond donors (Lipinski definition) is 2. The average Bonchev–Trinajstić information content (AvgIpc) is 2.66. The van der Waals surface area contributed by atoms with Crippen LogP contribution in [-0.2, 0) is 21.4 Å². The van der Waals surface area contributed by atoms with Crippen molar-refractivity contribution in [3.05, 3.63) is 77.9 Å². The fourth-order valence-electron chi connectivity index (χ4n) is 3.12. The highest BCUT2D eigenvalue weighted by Crippen LogP contribution is 2.23. The van der Waals surface area contributed by atoms with Crippen LogP contribution in [0.3, 0.4) is 0 Å². The summed E-state index contributed by atoms with van der Waals surface area (Å²) in [5.74, 6) is -0.413. The van der Waals surface area contributed by atoms with Crippen LogP contribution in [0.4, 0.5) is 5.69 Å². The van der Waals surface area contributed by atoms with Gasteiger partial charge < -0.3 is 10.6 Å². The van der Waals surface area contributed by atoms with Gasteiger partial charge in [-0.3, -0.25) is 9.59 Å². The zero-order chi connectivity index (χ0) is 20.1. The molecular formula is C24H26N2O2. The van der Waals surface area contributed by atoms with Gasteiger partial charge in [0.15, 0.2) is 0 Å². The summed E-state index contributed by atoms with van der Waals surface area (Å²) in [6.45, 7) is 6.38. The fraction of sp³-hybridized carbons (Fsp3) is 0.250. The van der Waals surface area contributed by atoms with E-state index in [-0.39, 0.29) is 30.2 Å². The molecule has 0 atom stereocenters. The number of anilines is 1. The van der Waals surface area contributed by atoms with Gasteiger partial charge in [0.05, 0.1) is 13.0 Å². The van der Waals surface area contributed by atoms with Crippen molar-refractivity contribution >= 4 is 28.3 Å². The second-order valence-corrected chi connectivity index (χ2v) is 7.97. The largest absolute Gasteiger partial charge is 0.347 e. The Morgan fingerprint density at radius 1 is 0.821 bits per heavy atom. The van der Waals surface area contributed by atoms with Crippen LogP contribution in [-0.4, -0.2) is 18.4 Å². The van der Waals surface area contributed by atoms with E-state index < -0.39 is 0 Å². The maximum atomic E-state index is 12.3. The quantitative estimate of drug-likeness (QED) is 0.694. The van der Waals surface area contributed by atoms with Crippen LogP contribution in [0.15, 0.2) is 66.7 Å². The minimum Gasteiger partial charge on any atom is -0.347 e. The van der Waals surface area contributed by atoms with Gasteiger partial charge in [-0.1, -0.05) is 75.4 Å². The standard InChI is InChI=1S/C24H26N2O2/c1-24(2,3)19-11-13-20(14-12-19)26-23(28)16-25-22(27)15-18-9-6-8-17-7-4-5-10-21(17)18/h4-14H,15-16H2,1-3H3,(H,25,27)(H,26,28). The average molecular weight is 374 g/mol. The summed E-state index contributed by atoms with van der Waals surface area (Å²) in [5, 5.41) is 7.68. The molecular weight excluding hydrogens is 348 g/mol. The lowest BCUT2D eigenvalue weighted by atomic mass is 9.87. The van der Waals surface area contributed by atoms with E-state index in [1.54, 1.807) is 0 Å². The molecule has 0 radical (unpaired) electrons. The Kier molecular flexibility index (Phi) is 5.78. The molecule has 0 spiro atoms. The molecule has 3 aromatic rings. The Hall–Kier alpha value is -3.14. The Bertz CT molecular complexity index is 980. The molecule has 0 saturated carbocycles. The van der Waals surface area contributed by atoms with Gasteiger partial charge in [0.2, 0.25) is 11.8 Å². The van der Waals surface area contributed by atoms with Gasteiger partial charge in [-0.15, -0.1) is 0 Å². The molecule has 0 aromatic heterocycles. The Labute approximate surface area is 166 Å². The first-order valence-corrected chi connectivity index (χ1v) is 9.47. The smallest absolute Gasteiger partial charge is 0.243 e. The van der Waals surface area contributed by atoms with Crippen LogP contribution in [0.25, 0.3) is 10.8 Å². The first-order valence-electron chi connectivity index (χ1n) is 9.47. The molecule has 2 amide bonds. The van der Waals surface area contributed by atoms with Gasteiger partial charge in [0.25, 0.3) is 0 Å². The van der Waals surface area contributed by atoms with Crippen molar-refractivity contribution < 1.29 is 9.59 Å². The van der Waals surface area contributed by atoms with E-state index in [1.807, 2.05) is 66.7 Å². The number of hydrogen-bond acceptors (Lipinski definition) is 2. The highest BCUT2D eigenvalue weighted by Gasteiger charge is 2.13. The van der Waals surface area contributed by atoms with E-state index in [1.165, 1.54) is 5.56 Å². The van der Waals surface area contributed by atoms with Gasteiger partial charge in [0.1, 0.15) is 0 Å². The molecule has 0 bridgehead atoms. The van der Waals surface area contributed by atoms with Crippen LogP contribution < -0.4 is 10.6 Å². The predicted octanol–water partition coefficient (Wildman–Crippen LogP) is 4.43. The van der Waals surface area contributed by atoms with Gasteiger partial charge in [-0.2, -0.15) is 0 Å². The molecule has 3 rings (SSSR count). The van der Waals surface area contributed by atoms with Crippen molar-refractivity contribution in [3.8, 4) is 0 Å². The Morgan fingerprint density at radius 2 is 1.50 bits per heavy atom. The minimum atomic E-state index is -0.241. The van der Waals surface area contributed by atoms with E-state index in [4.69, 9.17) is 0 Å². The number of benzene rings is 3. The number of carbonyl (C=O) groups excluding carboxylic acids is 2. The van der Waals surface area contributed by atoms with Crippen molar-refractivity contribution in [3.63, 3.8) is 0 Å². The Balaban J connectivity index is 1.53. The van der Waals surface area contributed by atoms with E-state index >= 15 is 0 Å². The van der Waals surface area contributed by atoms with Gasteiger partial charge in [-0.05, 0) is 39.4 Å². The first-order chi connectivity index (χ1) is 13.3. The second kappa shape index (κ2) is 8.26. The van der Waals surface area contributed by atoms with Crippen LogP contribution in [0.1, 0.15) is 31.9 Å². The fourth-order valence-corrected chi connectivity index (χ4v) is 3.12. The number of fused-ring (bicyclic) bond motifs is 1. The van der Waals surface area contributed by atoms with Gasteiger partial charge in [0, 0.05) is 5.69 Å². The maximum Gasteiger partial charge on any atom is 0.243 e. The summed E-state index contributed by atoms with van der Waals surface area (Å²) in [6, 6.07) is 21.7. The predicted molar refractivity (Wildman–Crippen MR) is 114 cm³/mol. The number of carbonyl (C=O) groups is 2. The molecule has 0 unspecified atom stereocenters. The number of amides is 2. The van der Waals surface area contributed by atoms with E-state index in [2.05, 4.69) is 31.4 Å². The molecule has 2 N–H and O–H groups in total. The topological polar surface area (TPSA) is 58.2 Å². The summed E-state index contributed by atoms with van der Waals surface area (Å²) >= 11 is 0. The lowest BCUT2D eigenvalue weighted by Crippen LogP contribution is -2.33. The van der Waals surface area contributed by atoms with Crippen molar-refractivity contribution in [2.24, 2.45) is 0 Å². The van der Waals surface area contributed by atoms with Crippen LogP contribution in [0.5, 0.6) is 0 Å². The van der Waals surface area contributed by atoms with Crippen LogP contribution in [0.2, 0.25) is 0 Å². The molecule has 4 nitrogen and oxygen atoms in total. The van der Waals surface area contributed by atoms with Crippen molar-refractivity contribution in [1.29, 1.82) is 0 Å². The zero-order valence-corrected chi connectivity index (χ0v) is 16.6. The SMILES string of the molecule is CC(C)(C)c1ccc(NC(=O)CNC(=O)Cc2cccc3ccccc23)cc1. The molecule has 0 aliphatic heterocycles. The first kappa shape index (κ1) is 19.6. The third-order valence-electron chi connectivity index (χ3n) is 4.71. The maximum absolute atomic E-state index is 12.3. The van der Waals surface area contributed by atoms with Crippen molar-refractivity contribution in [1.82, 2.24) is 5.32 Å². The lowest BCUT2D eigenvalue weighted by Gasteiger charge is -2.19. The molecule has 0 saturated heterocycles. The highest BCUT2D eigenvalue weighted by atomic mass is 16.2. The normalized spacial score (nSPS) is 11.2. The number of nitrogens with one attached hydrogen (secondary N) is 2. The minimum absolute atomic E-state index is 0.0510. The molecule has 0 aliphatic carbocycles. The lowest BCUT2D eigenvalue weighted by molar-refractivity contribution is -0.123. The third-order valence-corrected chi connectivity index (χ3v) is 4.71. The van der Waals surface area contributed by atoms with Crippen molar-refractivity contribution in [2.45, 2.75) is 32.6 Å². The number of rotatable bonds is 5. The van der Waals surface area contributed by atoms with Crippen LogP contribution in [0, 0.1) is 0 Å². The van der Waals surface area contributed by atoms with Crippen molar-refractivity contribution in [2.75, 3.05) is 11.9 Å².